The molecule has 0 amide bonds. The summed E-state index contributed by atoms with van der Waals surface area (Å²) in [5, 5.41) is 8.92. The van der Waals surface area contributed by atoms with E-state index in [4.69, 9.17) is 5.11 Å². The minimum absolute atomic E-state index is 0.0346. The fourth-order valence-electron chi connectivity index (χ4n) is 3.29. The first kappa shape index (κ1) is 19.0. The third-order valence-electron chi connectivity index (χ3n) is 4.87. The monoisotopic (exact) mass is 359 g/mol. The number of hydrogen-bond donors (Lipinski definition) is 1. The van der Waals surface area contributed by atoms with E-state index in [1.165, 1.54) is 0 Å². The number of hydrogen-bond acceptors (Lipinski definition) is 3. The highest BCUT2D eigenvalue weighted by Gasteiger charge is 2.13. The van der Waals surface area contributed by atoms with Crippen molar-refractivity contribution in [2.24, 2.45) is 0 Å². The van der Waals surface area contributed by atoms with Crippen LogP contribution in [0.1, 0.15) is 40.0 Å². The maximum absolute atomic E-state index is 12.8. The number of Topliss-reactive ketones (excluding diaryl/α,β-unsaturated/α-hetero) is 1. The predicted octanol–water partition coefficient (Wildman–Crippen LogP) is 4.80. The summed E-state index contributed by atoms with van der Waals surface area (Å²) in [5.74, 6) is 0.0346. The van der Waals surface area contributed by atoms with Gasteiger partial charge >= 0.3 is 0 Å². The van der Waals surface area contributed by atoms with Crippen LogP contribution in [0.5, 0.6) is 0 Å². The molecule has 0 bridgehead atoms. The summed E-state index contributed by atoms with van der Waals surface area (Å²) >= 11 is 0. The van der Waals surface area contributed by atoms with Gasteiger partial charge in [0.2, 0.25) is 0 Å². The highest BCUT2D eigenvalue weighted by atomic mass is 16.2. The predicted molar refractivity (Wildman–Crippen MR) is 109 cm³/mol. The van der Waals surface area contributed by atoms with Crippen LogP contribution in [0.4, 0.5) is 0 Å². The van der Waals surface area contributed by atoms with Crippen LogP contribution in [0.3, 0.4) is 0 Å². The van der Waals surface area contributed by atoms with Crippen LogP contribution < -0.4 is 0 Å². The maximum atomic E-state index is 12.8. The van der Waals surface area contributed by atoms with Crippen molar-refractivity contribution in [3.05, 3.63) is 89.2 Å². The minimum atomic E-state index is 0.0346. The second-order valence-electron chi connectivity index (χ2n) is 6.79. The third kappa shape index (κ3) is 4.89. The van der Waals surface area contributed by atoms with E-state index in [0.29, 0.717) is 12.1 Å². The molecule has 0 unspecified atom stereocenters. The smallest absolute Gasteiger partial charge is 0.185 e. The maximum Gasteiger partial charge on any atom is 0.185 e. The molecule has 0 aliphatic rings. The molecule has 0 radical (unpaired) electrons. The summed E-state index contributed by atoms with van der Waals surface area (Å²) in [5.41, 5.74) is 6.10. The topological polar surface area (TPSA) is 50.2 Å². The molecular formula is C24H25NO2. The number of aliphatic hydroxyl groups is 1. The van der Waals surface area contributed by atoms with Crippen LogP contribution in [0.25, 0.3) is 11.1 Å². The molecule has 0 atom stereocenters. The van der Waals surface area contributed by atoms with Crippen molar-refractivity contribution in [3.63, 3.8) is 0 Å². The van der Waals surface area contributed by atoms with E-state index in [2.05, 4.69) is 30.1 Å². The molecular weight excluding hydrogens is 334 g/mol. The Bertz CT molecular complexity index is 903. The number of benzene rings is 2. The van der Waals surface area contributed by atoms with Crippen molar-refractivity contribution in [1.82, 2.24) is 4.98 Å². The van der Waals surface area contributed by atoms with Gasteiger partial charge in [-0.25, -0.2) is 0 Å². The highest BCUT2D eigenvalue weighted by molar-refractivity contribution is 5.96. The van der Waals surface area contributed by atoms with Gasteiger partial charge in [0.05, 0.1) is 0 Å². The Morgan fingerprint density at radius 2 is 1.81 bits per heavy atom. The molecule has 0 spiro atoms. The molecule has 3 rings (SSSR count). The molecule has 138 valence electrons. The van der Waals surface area contributed by atoms with Crippen molar-refractivity contribution in [2.75, 3.05) is 6.61 Å². The summed E-state index contributed by atoms with van der Waals surface area (Å²) in [6, 6.07) is 20.2. The van der Waals surface area contributed by atoms with E-state index in [1.54, 1.807) is 6.20 Å². The average molecular weight is 359 g/mol. The zero-order valence-electron chi connectivity index (χ0n) is 15.7. The van der Waals surface area contributed by atoms with E-state index in [0.717, 1.165) is 47.1 Å². The first-order chi connectivity index (χ1) is 13.2. The Kier molecular flexibility index (Phi) is 6.50. The van der Waals surface area contributed by atoms with Gasteiger partial charge in [0.1, 0.15) is 5.69 Å². The zero-order valence-corrected chi connectivity index (χ0v) is 15.7. The summed E-state index contributed by atoms with van der Waals surface area (Å²) in [6.45, 7) is 2.28. The van der Waals surface area contributed by atoms with E-state index < -0.39 is 0 Å². The molecule has 1 heterocycles. The van der Waals surface area contributed by atoms with E-state index in [1.807, 2.05) is 42.5 Å². The Balaban J connectivity index is 1.78. The Hall–Kier alpha value is -2.78. The fourth-order valence-corrected chi connectivity index (χ4v) is 3.29. The van der Waals surface area contributed by atoms with Gasteiger partial charge in [0.15, 0.2) is 5.78 Å². The number of carbonyl (C=O) groups excluding carboxylic acids is 1. The summed E-state index contributed by atoms with van der Waals surface area (Å²) < 4.78 is 0. The zero-order chi connectivity index (χ0) is 19.1. The molecule has 0 aliphatic heterocycles. The molecule has 3 heteroatoms. The largest absolute Gasteiger partial charge is 0.396 e. The van der Waals surface area contributed by atoms with Crippen LogP contribution >= 0.6 is 0 Å². The normalized spacial score (nSPS) is 10.7. The van der Waals surface area contributed by atoms with Crippen molar-refractivity contribution in [3.8, 4) is 11.1 Å². The lowest BCUT2D eigenvalue weighted by atomic mass is 9.93. The number of nitrogens with zero attached hydrogens (tertiary/aromatic N) is 1. The standard InChI is InChI=1S/C24H25NO2/c1-18-21(11-7-12-22(18)20-9-3-2-4-10-20)17-24(27)23-16-19(13-14-25-23)8-5-6-15-26/h2-4,7,9-14,16,26H,5-6,8,15,17H2,1H3. The summed E-state index contributed by atoms with van der Waals surface area (Å²) in [7, 11) is 0. The molecule has 0 saturated carbocycles. The first-order valence-electron chi connectivity index (χ1n) is 9.42. The second-order valence-corrected chi connectivity index (χ2v) is 6.79. The molecule has 0 aliphatic carbocycles. The number of pyridine rings is 1. The van der Waals surface area contributed by atoms with Crippen molar-refractivity contribution < 1.29 is 9.90 Å². The summed E-state index contributed by atoms with van der Waals surface area (Å²) in [6.07, 6.45) is 4.59. The van der Waals surface area contributed by atoms with E-state index in [-0.39, 0.29) is 12.4 Å². The quantitative estimate of drug-likeness (QED) is 0.464. The van der Waals surface area contributed by atoms with Crippen LogP contribution in [-0.4, -0.2) is 22.5 Å². The average Bonchev–Trinajstić information content (AvgIpc) is 2.70. The lowest BCUT2D eigenvalue weighted by Crippen LogP contribution is -2.08. The van der Waals surface area contributed by atoms with Crippen molar-refractivity contribution >= 4 is 5.78 Å². The van der Waals surface area contributed by atoms with Gasteiger partial charge in [-0.2, -0.15) is 0 Å². The Labute approximate surface area is 160 Å². The number of rotatable bonds is 8. The molecule has 3 nitrogen and oxygen atoms in total. The number of ketones is 1. The number of unbranched alkanes of at least 4 members (excludes halogenated alkanes) is 1. The van der Waals surface area contributed by atoms with Gasteiger partial charge in [-0.05, 0) is 66.1 Å². The van der Waals surface area contributed by atoms with Gasteiger partial charge in [0, 0.05) is 19.2 Å². The van der Waals surface area contributed by atoms with E-state index in [9.17, 15) is 4.79 Å². The lowest BCUT2D eigenvalue weighted by Gasteiger charge is -2.11. The van der Waals surface area contributed by atoms with Crippen LogP contribution in [-0.2, 0) is 12.8 Å². The van der Waals surface area contributed by atoms with Crippen LogP contribution in [0, 0.1) is 6.92 Å². The number of aromatic nitrogens is 1. The number of carbonyl (C=O) groups is 1. The highest BCUT2D eigenvalue weighted by Crippen LogP contribution is 2.26. The molecule has 3 aromatic rings. The molecule has 2 aromatic carbocycles. The first-order valence-corrected chi connectivity index (χ1v) is 9.42. The second kappa shape index (κ2) is 9.24. The van der Waals surface area contributed by atoms with Crippen molar-refractivity contribution in [2.45, 2.75) is 32.6 Å². The van der Waals surface area contributed by atoms with Crippen LogP contribution in [0.15, 0.2) is 66.9 Å². The van der Waals surface area contributed by atoms with Crippen LogP contribution in [0.2, 0.25) is 0 Å². The Morgan fingerprint density at radius 1 is 1.00 bits per heavy atom. The van der Waals surface area contributed by atoms with Gasteiger partial charge in [0.25, 0.3) is 0 Å². The molecule has 1 aromatic heterocycles. The van der Waals surface area contributed by atoms with Crippen molar-refractivity contribution in [1.29, 1.82) is 0 Å². The Morgan fingerprint density at radius 3 is 2.59 bits per heavy atom. The molecule has 0 fully saturated rings. The lowest BCUT2D eigenvalue weighted by molar-refractivity contribution is 0.0988. The van der Waals surface area contributed by atoms with Gasteiger partial charge in [-0.3, -0.25) is 9.78 Å². The summed E-state index contributed by atoms with van der Waals surface area (Å²) in [4.78, 5) is 17.1. The third-order valence-corrected chi connectivity index (χ3v) is 4.87. The minimum Gasteiger partial charge on any atom is -0.396 e. The number of aliphatic hydroxyl groups excluding tert-OH is 1. The van der Waals surface area contributed by atoms with Gasteiger partial charge in [-0.15, -0.1) is 0 Å². The molecule has 27 heavy (non-hydrogen) atoms. The SMILES string of the molecule is Cc1c(CC(=O)c2cc(CCCCO)ccn2)cccc1-c1ccccc1. The number of aryl methyl sites for hydroxylation is 1. The van der Waals surface area contributed by atoms with E-state index >= 15 is 0 Å². The molecule has 0 saturated heterocycles. The molecule has 1 N–H and O–H groups in total. The fraction of sp³-hybridized carbons (Fsp3) is 0.250. The van der Waals surface area contributed by atoms with Gasteiger partial charge in [-0.1, -0.05) is 48.5 Å². The van der Waals surface area contributed by atoms with Gasteiger partial charge < -0.3 is 5.11 Å².